The van der Waals surface area contributed by atoms with E-state index >= 15 is 0 Å². The van der Waals surface area contributed by atoms with Crippen molar-refractivity contribution in [1.29, 1.82) is 0 Å². The number of benzene rings is 1. The Bertz CT molecular complexity index is 604. The Balaban J connectivity index is 1.57. The first-order valence-electron chi connectivity index (χ1n) is 6.52. The highest BCUT2D eigenvalue weighted by molar-refractivity contribution is 7.80. The van der Waals surface area contributed by atoms with Gasteiger partial charge < -0.3 is 15.6 Å². The summed E-state index contributed by atoms with van der Waals surface area (Å²) in [7, 11) is 0. The Hall–Kier alpha value is -1.62. The van der Waals surface area contributed by atoms with Gasteiger partial charge in [-0.3, -0.25) is 0 Å². The Morgan fingerprint density at radius 3 is 3.05 bits per heavy atom. The van der Waals surface area contributed by atoms with Gasteiger partial charge in [-0.1, -0.05) is 0 Å². The third-order valence-corrected chi connectivity index (χ3v) is 3.58. The van der Waals surface area contributed by atoms with Gasteiger partial charge in [0, 0.05) is 29.7 Å². The predicted molar refractivity (Wildman–Crippen MR) is 78.7 cm³/mol. The minimum Gasteiger partial charge on any atom is -0.362 e. The van der Waals surface area contributed by atoms with Crippen molar-refractivity contribution in [3.05, 3.63) is 35.8 Å². The summed E-state index contributed by atoms with van der Waals surface area (Å²) in [6.07, 6.45) is 5.23. The summed E-state index contributed by atoms with van der Waals surface area (Å²) in [6, 6.07) is 5.41. The lowest BCUT2D eigenvalue weighted by atomic mass is 10.1. The number of aromatic amines is 1. The molecule has 2 aromatic rings. The fourth-order valence-electron chi connectivity index (χ4n) is 2.14. The van der Waals surface area contributed by atoms with Crippen LogP contribution in [0.3, 0.4) is 0 Å². The zero-order valence-corrected chi connectivity index (χ0v) is 11.3. The average molecular weight is 277 g/mol. The van der Waals surface area contributed by atoms with Crippen LogP contribution in [-0.2, 0) is 6.42 Å². The van der Waals surface area contributed by atoms with E-state index in [-0.39, 0.29) is 5.82 Å². The molecule has 0 unspecified atom stereocenters. The first-order valence-corrected chi connectivity index (χ1v) is 6.93. The van der Waals surface area contributed by atoms with Crippen LogP contribution in [0.15, 0.2) is 24.4 Å². The fraction of sp³-hybridized carbons (Fsp3) is 0.357. The highest BCUT2D eigenvalue weighted by Gasteiger charge is 2.21. The summed E-state index contributed by atoms with van der Waals surface area (Å²) >= 11 is 5.20. The molecule has 0 saturated heterocycles. The first-order chi connectivity index (χ1) is 9.22. The fourth-order valence-corrected chi connectivity index (χ4v) is 2.41. The molecule has 0 aliphatic heterocycles. The van der Waals surface area contributed by atoms with Gasteiger partial charge in [0.2, 0.25) is 0 Å². The maximum Gasteiger partial charge on any atom is 0.166 e. The van der Waals surface area contributed by atoms with Crippen molar-refractivity contribution in [3.63, 3.8) is 0 Å². The van der Waals surface area contributed by atoms with E-state index in [2.05, 4.69) is 15.6 Å². The van der Waals surface area contributed by atoms with Crippen LogP contribution < -0.4 is 10.6 Å². The highest BCUT2D eigenvalue weighted by atomic mass is 32.1. The van der Waals surface area contributed by atoms with Crippen LogP contribution in [0.4, 0.5) is 4.39 Å². The van der Waals surface area contributed by atoms with Crippen molar-refractivity contribution in [3.8, 4) is 0 Å². The number of nitrogens with one attached hydrogen (secondary N) is 3. The van der Waals surface area contributed by atoms with Crippen LogP contribution >= 0.6 is 12.2 Å². The van der Waals surface area contributed by atoms with E-state index in [1.165, 1.54) is 30.5 Å². The molecule has 1 fully saturated rings. The molecule has 1 heterocycles. The summed E-state index contributed by atoms with van der Waals surface area (Å²) in [5, 5.41) is 8.25. The van der Waals surface area contributed by atoms with Gasteiger partial charge >= 0.3 is 0 Å². The summed E-state index contributed by atoms with van der Waals surface area (Å²) < 4.78 is 13.1. The number of hydrogen-bond acceptors (Lipinski definition) is 1. The molecule has 1 aliphatic carbocycles. The van der Waals surface area contributed by atoms with Gasteiger partial charge in [-0.05, 0) is 55.2 Å². The molecule has 1 aromatic carbocycles. The molecule has 1 aromatic heterocycles. The van der Waals surface area contributed by atoms with Crippen LogP contribution in [-0.4, -0.2) is 22.7 Å². The Morgan fingerprint density at radius 1 is 1.42 bits per heavy atom. The zero-order chi connectivity index (χ0) is 13.2. The van der Waals surface area contributed by atoms with E-state index in [9.17, 15) is 4.39 Å². The lowest BCUT2D eigenvalue weighted by Gasteiger charge is -2.08. The number of halogens is 1. The third kappa shape index (κ3) is 3.04. The van der Waals surface area contributed by atoms with Crippen molar-refractivity contribution < 1.29 is 4.39 Å². The van der Waals surface area contributed by atoms with Gasteiger partial charge in [-0.15, -0.1) is 0 Å². The average Bonchev–Trinajstić information content (AvgIpc) is 3.10. The summed E-state index contributed by atoms with van der Waals surface area (Å²) in [5.41, 5.74) is 2.02. The number of fused-ring (bicyclic) bond motifs is 1. The topological polar surface area (TPSA) is 39.8 Å². The van der Waals surface area contributed by atoms with Crippen molar-refractivity contribution in [2.75, 3.05) is 6.54 Å². The van der Waals surface area contributed by atoms with Crippen LogP contribution in [0.25, 0.3) is 10.9 Å². The molecular formula is C14H16FN3S. The molecule has 0 atom stereocenters. The van der Waals surface area contributed by atoms with E-state index in [0.717, 1.165) is 29.0 Å². The second kappa shape index (κ2) is 5.17. The second-order valence-electron chi connectivity index (χ2n) is 4.93. The standard InChI is InChI=1S/C14H16FN3S/c15-10-1-4-12-9(8-17-13(12)7-10)5-6-16-14(19)18-11-2-3-11/h1,4,7-8,11,17H,2-3,5-6H2,(H2,16,18,19). The molecule has 0 amide bonds. The van der Waals surface area contributed by atoms with Crippen molar-refractivity contribution in [1.82, 2.24) is 15.6 Å². The third-order valence-electron chi connectivity index (χ3n) is 3.32. The van der Waals surface area contributed by atoms with Gasteiger partial charge in [0.05, 0.1) is 0 Å². The van der Waals surface area contributed by atoms with E-state index < -0.39 is 0 Å². The molecule has 3 nitrogen and oxygen atoms in total. The number of aromatic nitrogens is 1. The Morgan fingerprint density at radius 2 is 2.26 bits per heavy atom. The van der Waals surface area contributed by atoms with Crippen LogP contribution in [0, 0.1) is 5.82 Å². The van der Waals surface area contributed by atoms with Crippen LogP contribution in [0.2, 0.25) is 0 Å². The van der Waals surface area contributed by atoms with Crippen molar-refractivity contribution in [2.45, 2.75) is 25.3 Å². The molecule has 3 N–H and O–H groups in total. The van der Waals surface area contributed by atoms with Gasteiger partial charge in [0.25, 0.3) is 0 Å². The van der Waals surface area contributed by atoms with Crippen LogP contribution in [0.1, 0.15) is 18.4 Å². The Labute approximate surface area is 116 Å². The number of hydrogen-bond donors (Lipinski definition) is 3. The lowest BCUT2D eigenvalue weighted by Crippen LogP contribution is -2.37. The van der Waals surface area contributed by atoms with Crippen LogP contribution in [0.5, 0.6) is 0 Å². The van der Waals surface area contributed by atoms with E-state index in [1.54, 1.807) is 0 Å². The molecule has 0 radical (unpaired) electrons. The number of rotatable bonds is 4. The number of thiocarbonyl (C=S) groups is 1. The minimum atomic E-state index is -0.214. The van der Waals surface area contributed by atoms with E-state index in [0.29, 0.717) is 6.04 Å². The lowest BCUT2D eigenvalue weighted by molar-refractivity contribution is 0.629. The van der Waals surface area contributed by atoms with Crippen molar-refractivity contribution >= 4 is 28.2 Å². The molecule has 0 spiro atoms. The maximum absolute atomic E-state index is 13.1. The molecule has 1 saturated carbocycles. The summed E-state index contributed by atoms with van der Waals surface area (Å²) in [4.78, 5) is 3.09. The van der Waals surface area contributed by atoms with Crippen molar-refractivity contribution in [2.24, 2.45) is 0 Å². The first kappa shape index (κ1) is 12.4. The highest BCUT2D eigenvalue weighted by Crippen LogP contribution is 2.20. The SMILES string of the molecule is Fc1ccc2c(CCNC(=S)NC3CC3)c[nH]c2c1. The van der Waals surface area contributed by atoms with Gasteiger partial charge in [-0.25, -0.2) is 4.39 Å². The van der Waals surface area contributed by atoms with E-state index in [1.807, 2.05) is 12.3 Å². The minimum absolute atomic E-state index is 0.214. The molecule has 0 bridgehead atoms. The van der Waals surface area contributed by atoms with Gasteiger partial charge in [0.15, 0.2) is 5.11 Å². The maximum atomic E-state index is 13.1. The summed E-state index contributed by atoms with van der Waals surface area (Å²) in [6.45, 7) is 0.781. The quantitative estimate of drug-likeness (QED) is 0.752. The largest absolute Gasteiger partial charge is 0.362 e. The predicted octanol–water partition coefficient (Wildman–Crippen LogP) is 2.48. The normalized spacial score (nSPS) is 14.6. The molecule has 19 heavy (non-hydrogen) atoms. The molecule has 1 aliphatic rings. The van der Waals surface area contributed by atoms with E-state index in [4.69, 9.17) is 12.2 Å². The zero-order valence-electron chi connectivity index (χ0n) is 10.5. The van der Waals surface area contributed by atoms with Gasteiger partial charge in [0.1, 0.15) is 5.82 Å². The Kier molecular flexibility index (Phi) is 3.38. The summed E-state index contributed by atoms with van der Waals surface area (Å²) in [5.74, 6) is -0.214. The molecule has 3 rings (SSSR count). The molecule has 5 heteroatoms. The van der Waals surface area contributed by atoms with Gasteiger partial charge in [-0.2, -0.15) is 0 Å². The monoisotopic (exact) mass is 277 g/mol. The molecule has 100 valence electrons. The smallest absolute Gasteiger partial charge is 0.166 e. The second-order valence-corrected chi connectivity index (χ2v) is 5.34. The molecular weight excluding hydrogens is 261 g/mol. The number of H-pyrrole nitrogens is 1.